The zero-order valence-electron chi connectivity index (χ0n) is 18.5. The van der Waals surface area contributed by atoms with Crippen LogP contribution in [0, 0.1) is 11.6 Å². The number of nitrogens with one attached hydrogen (secondary N) is 1. The van der Waals surface area contributed by atoms with Crippen molar-refractivity contribution in [1.29, 1.82) is 0 Å². The van der Waals surface area contributed by atoms with E-state index >= 15 is 0 Å². The summed E-state index contributed by atoms with van der Waals surface area (Å²) in [5.41, 5.74) is 2.51. The van der Waals surface area contributed by atoms with E-state index in [0.717, 1.165) is 34.6 Å². The zero-order chi connectivity index (χ0) is 24.8. The Labute approximate surface area is 204 Å². The Morgan fingerprint density at radius 2 is 1.71 bits per heavy atom. The predicted molar refractivity (Wildman–Crippen MR) is 129 cm³/mol. The first-order chi connectivity index (χ1) is 16.9. The molecule has 0 fully saturated rings. The molecular weight excluding hydrogens is 474 g/mol. The van der Waals surface area contributed by atoms with Crippen LogP contribution in [-0.4, -0.2) is 29.6 Å². The third-order valence-corrected chi connectivity index (χ3v) is 5.70. The van der Waals surface area contributed by atoms with Crippen molar-refractivity contribution in [3.8, 4) is 28.1 Å². The third kappa shape index (κ3) is 6.07. The van der Waals surface area contributed by atoms with Gasteiger partial charge in [-0.1, -0.05) is 48.5 Å². The Balaban J connectivity index is 1.31. The van der Waals surface area contributed by atoms with E-state index in [4.69, 9.17) is 9.47 Å². The summed E-state index contributed by atoms with van der Waals surface area (Å²) in [5.74, 6) is -2.73. The van der Waals surface area contributed by atoms with Crippen LogP contribution in [0.1, 0.15) is 6.92 Å². The molecule has 1 atom stereocenters. The Morgan fingerprint density at radius 3 is 2.49 bits per heavy atom. The normalized spacial score (nSPS) is 11.5. The first kappa shape index (κ1) is 24.0. The highest BCUT2D eigenvalue weighted by Gasteiger charge is 2.20. The number of anilines is 1. The maximum Gasteiger partial charge on any atom is 0.344 e. The highest BCUT2D eigenvalue weighted by molar-refractivity contribution is 7.14. The number of para-hydroxylation sites is 1. The minimum Gasteiger partial charge on any atom is -0.481 e. The monoisotopic (exact) mass is 494 g/mol. The molecule has 0 aliphatic rings. The minimum absolute atomic E-state index is 0.227. The van der Waals surface area contributed by atoms with E-state index in [-0.39, 0.29) is 11.7 Å². The van der Waals surface area contributed by atoms with Gasteiger partial charge in [0.25, 0.3) is 5.91 Å². The average Bonchev–Trinajstić information content (AvgIpc) is 3.33. The van der Waals surface area contributed by atoms with E-state index in [1.54, 1.807) is 17.5 Å². The molecule has 1 aromatic heterocycles. The van der Waals surface area contributed by atoms with Crippen molar-refractivity contribution in [2.24, 2.45) is 0 Å². The van der Waals surface area contributed by atoms with Crippen molar-refractivity contribution in [3.05, 3.63) is 89.8 Å². The fourth-order valence-corrected chi connectivity index (χ4v) is 3.92. The fraction of sp³-hybridized carbons (Fsp3) is 0.115. The van der Waals surface area contributed by atoms with E-state index in [1.807, 2.05) is 42.5 Å². The van der Waals surface area contributed by atoms with Gasteiger partial charge in [0.1, 0.15) is 5.75 Å². The molecule has 35 heavy (non-hydrogen) atoms. The number of ether oxygens (including phenoxy) is 2. The summed E-state index contributed by atoms with van der Waals surface area (Å²) in [6.45, 7) is 1.05. The van der Waals surface area contributed by atoms with Crippen LogP contribution in [0.2, 0.25) is 0 Å². The molecule has 3 aromatic carbocycles. The maximum absolute atomic E-state index is 13.5. The molecule has 0 aliphatic heterocycles. The van der Waals surface area contributed by atoms with Crippen molar-refractivity contribution in [1.82, 2.24) is 4.98 Å². The van der Waals surface area contributed by atoms with E-state index in [0.29, 0.717) is 17.0 Å². The summed E-state index contributed by atoms with van der Waals surface area (Å²) in [6, 6.07) is 20.3. The molecule has 1 heterocycles. The molecule has 0 radical (unpaired) electrons. The molecule has 4 rings (SSSR count). The van der Waals surface area contributed by atoms with E-state index in [1.165, 1.54) is 13.0 Å². The van der Waals surface area contributed by atoms with E-state index in [2.05, 4.69) is 10.3 Å². The molecule has 0 unspecified atom stereocenters. The third-order valence-electron chi connectivity index (χ3n) is 4.94. The molecule has 6 nitrogen and oxygen atoms in total. The summed E-state index contributed by atoms with van der Waals surface area (Å²) in [4.78, 5) is 28.9. The number of rotatable bonds is 8. The summed E-state index contributed by atoms with van der Waals surface area (Å²) < 4.78 is 37.4. The number of carbonyl (C=O) groups excluding carboxylic acids is 2. The van der Waals surface area contributed by atoms with Gasteiger partial charge in [-0.15, -0.1) is 11.3 Å². The largest absolute Gasteiger partial charge is 0.481 e. The Hall–Kier alpha value is -4.11. The Kier molecular flexibility index (Phi) is 7.47. The number of aromatic nitrogens is 1. The lowest BCUT2D eigenvalue weighted by Crippen LogP contribution is -2.31. The van der Waals surface area contributed by atoms with Crippen molar-refractivity contribution in [3.63, 3.8) is 0 Å². The second-order valence-electron chi connectivity index (χ2n) is 7.44. The number of esters is 1. The van der Waals surface area contributed by atoms with Crippen LogP contribution < -0.4 is 10.1 Å². The van der Waals surface area contributed by atoms with Crippen LogP contribution in [-0.2, 0) is 14.3 Å². The number of thiazole rings is 1. The fourth-order valence-electron chi connectivity index (χ4n) is 3.20. The molecule has 9 heteroatoms. The molecule has 0 bridgehead atoms. The highest BCUT2D eigenvalue weighted by atomic mass is 32.1. The second kappa shape index (κ2) is 10.9. The molecule has 0 saturated carbocycles. The summed E-state index contributed by atoms with van der Waals surface area (Å²) in [6.07, 6.45) is -1.11. The lowest BCUT2D eigenvalue weighted by Gasteiger charge is -2.14. The molecule has 4 aromatic rings. The van der Waals surface area contributed by atoms with Gasteiger partial charge in [0, 0.05) is 16.5 Å². The maximum atomic E-state index is 13.5. The van der Waals surface area contributed by atoms with Gasteiger partial charge in [-0.25, -0.2) is 18.6 Å². The van der Waals surface area contributed by atoms with Crippen LogP contribution in [0.3, 0.4) is 0 Å². The number of nitrogens with zero attached hydrogens (tertiary/aromatic N) is 1. The average molecular weight is 495 g/mol. The van der Waals surface area contributed by atoms with Crippen molar-refractivity contribution in [2.45, 2.75) is 13.0 Å². The van der Waals surface area contributed by atoms with Crippen LogP contribution >= 0.6 is 11.3 Å². The standard InChI is InChI=1S/C26H20F2N2O4S/c1-16(25(32)30-26-29-22(15-35-26)18-11-12-20(27)21(28)13-18)34-24(31)14-33-23-10-6-5-9-19(23)17-7-3-2-4-8-17/h2-13,15-16H,14H2,1H3,(H,29,30,32)/t16-/m0/s1. The first-order valence-electron chi connectivity index (χ1n) is 10.6. The van der Waals surface area contributed by atoms with Gasteiger partial charge in [-0.3, -0.25) is 10.1 Å². The number of hydrogen-bond donors (Lipinski definition) is 1. The Bertz CT molecular complexity index is 1340. The van der Waals surface area contributed by atoms with Gasteiger partial charge >= 0.3 is 5.97 Å². The summed E-state index contributed by atoms with van der Waals surface area (Å²) in [7, 11) is 0. The summed E-state index contributed by atoms with van der Waals surface area (Å²) in [5, 5.41) is 4.37. The number of carbonyl (C=O) groups is 2. The van der Waals surface area contributed by atoms with Gasteiger partial charge in [0.05, 0.1) is 5.69 Å². The minimum atomic E-state index is -1.11. The molecule has 1 amide bonds. The second-order valence-corrected chi connectivity index (χ2v) is 8.30. The van der Waals surface area contributed by atoms with Gasteiger partial charge in [-0.05, 0) is 36.8 Å². The molecular formula is C26H20F2N2O4S. The van der Waals surface area contributed by atoms with Crippen LogP contribution in [0.4, 0.5) is 13.9 Å². The number of benzene rings is 3. The van der Waals surface area contributed by atoms with E-state index in [9.17, 15) is 18.4 Å². The zero-order valence-corrected chi connectivity index (χ0v) is 19.4. The highest BCUT2D eigenvalue weighted by Crippen LogP contribution is 2.29. The van der Waals surface area contributed by atoms with Gasteiger partial charge < -0.3 is 9.47 Å². The van der Waals surface area contributed by atoms with Gasteiger partial charge in [0.15, 0.2) is 29.5 Å². The lowest BCUT2D eigenvalue weighted by molar-refractivity contribution is -0.155. The smallest absolute Gasteiger partial charge is 0.344 e. The molecule has 178 valence electrons. The quantitative estimate of drug-likeness (QED) is 0.318. The molecule has 0 spiro atoms. The predicted octanol–water partition coefficient (Wildman–Crippen LogP) is 5.70. The first-order valence-corrected chi connectivity index (χ1v) is 11.5. The van der Waals surface area contributed by atoms with Crippen molar-refractivity contribution < 1.29 is 27.8 Å². The molecule has 1 N–H and O–H groups in total. The van der Waals surface area contributed by atoms with Crippen molar-refractivity contribution in [2.75, 3.05) is 11.9 Å². The Morgan fingerprint density at radius 1 is 0.971 bits per heavy atom. The van der Waals surface area contributed by atoms with Crippen LogP contribution in [0.15, 0.2) is 78.2 Å². The molecule has 0 saturated heterocycles. The molecule has 0 aliphatic carbocycles. The van der Waals surface area contributed by atoms with Gasteiger partial charge in [0.2, 0.25) is 0 Å². The SMILES string of the molecule is C[C@H](OC(=O)COc1ccccc1-c1ccccc1)C(=O)Nc1nc(-c2ccc(F)c(F)c2)cs1. The lowest BCUT2D eigenvalue weighted by atomic mass is 10.1. The van der Waals surface area contributed by atoms with Crippen LogP contribution in [0.5, 0.6) is 5.75 Å². The topological polar surface area (TPSA) is 77.5 Å². The van der Waals surface area contributed by atoms with E-state index < -0.39 is 29.6 Å². The van der Waals surface area contributed by atoms with Crippen molar-refractivity contribution >= 4 is 28.3 Å². The van der Waals surface area contributed by atoms with Gasteiger partial charge in [-0.2, -0.15) is 0 Å². The summed E-state index contributed by atoms with van der Waals surface area (Å²) >= 11 is 1.10. The van der Waals surface area contributed by atoms with Crippen LogP contribution in [0.25, 0.3) is 22.4 Å². The number of halogens is 2. The number of amides is 1. The number of hydrogen-bond acceptors (Lipinski definition) is 6.